The molecule has 1 aromatic heterocycles. The summed E-state index contributed by atoms with van der Waals surface area (Å²) in [6.45, 7) is 5.78. The smallest absolute Gasteiger partial charge is 0.321 e. The average molecular weight is 315 g/mol. The molecule has 0 aliphatic carbocycles. The predicted molar refractivity (Wildman–Crippen MR) is 90.6 cm³/mol. The van der Waals surface area contributed by atoms with Crippen molar-refractivity contribution in [2.75, 3.05) is 18.4 Å². The van der Waals surface area contributed by atoms with Crippen molar-refractivity contribution in [2.45, 2.75) is 32.6 Å². The maximum Gasteiger partial charge on any atom is 0.321 e. The number of carbonyl (C=O) groups excluding carboxylic acids is 1. The number of piperidine rings is 1. The minimum Gasteiger partial charge on any atom is -0.324 e. The van der Waals surface area contributed by atoms with E-state index < -0.39 is 0 Å². The standard InChI is InChI=1S/C17H21N3OS/c1-12-13(2)22-16(18-12)14-8-10-20(11-9-14)17(21)19-15-6-4-3-5-7-15/h3-7,14H,8-11H2,1-2H3,(H,19,21). The Hall–Kier alpha value is -1.88. The Labute approximate surface area is 135 Å². The minimum atomic E-state index is -0.00356. The number of para-hydroxylation sites is 1. The number of aromatic nitrogens is 1. The van der Waals surface area contributed by atoms with Gasteiger partial charge < -0.3 is 10.2 Å². The maximum atomic E-state index is 12.3. The van der Waals surface area contributed by atoms with Crippen molar-refractivity contribution < 1.29 is 4.79 Å². The normalized spacial score (nSPS) is 15.8. The summed E-state index contributed by atoms with van der Waals surface area (Å²) in [5.74, 6) is 0.498. The molecule has 1 fully saturated rings. The Morgan fingerprint density at radius 2 is 1.91 bits per heavy atom. The molecular weight excluding hydrogens is 294 g/mol. The van der Waals surface area contributed by atoms with Gasteiger partial charge in [0.05, 0.1) is 10.7 Å². The van der Waals surface area contributed by atoms with Crippen molar-refractivity contribution in [3.05, 3.63) is 45.9 Å². The van der Waals surface area contributed by atoms with Crippen LogP contribution in [0.15, 0.2) is 30.3 Å². The van der Waals surface area contributed by atoms with Crippen molar-refractivity contribution in [3.8, 4) is 0 Å². The van der Waals surface area contributed by atoms with E-state index in [1.165, 1.54) is 9.88 Å². The Morgan fingerprint density at radius 1 is 1.23 bits per heavy atom. The van der Waals surface area contributed by atoms with E-state index in [0.29, 0.717) is 5.92 Å². The maximum absolute atomic E-state index is 12.3. The zero-order valence-electron chi connectivity index (χ0n) is 13.0. The number of carbonyl (C=O) groups is 1. The lowest BCUT2D eigenvalue weighted by molar-refractivity contribution is 0.194. The molecule has 0 radical (unpaired) electrons. The molecule has 5 heteroatoms. The zero-order valence-corrected chi connectivity index (χ0v) is 13.8. The largest absolute Gasteiger partial charge is 0.324 e. The summed E-state index contributed by atoms with van der Waals surface area (Å²) in [5.41, 5.74) is 1.99. The number of anilines is 1. The van der Waals surface area contributed by atoms with Gasteiger partial charge in [-0.25, -0.2) is 9.78 Å². The fourth-order valence-electron chi connectivity index (χ4n) is 2.73. The molecule has 0 saturated carbocycles. The number of likely N-dealkylation sites (tertiary alicyclic amines) is 1. The molecule has 0 unspecified atom stereocenters. The first-order valence-corrected chi connectivity index (χ1v) is 8.50. The van der Waals surface area contributed by atoms with Gasteiger partial charge in [-0.15, -0.1) is 11.3 Å². The van der Waals surface area contributed by atoms with Gasteiger partial charge >= 0.3 is 6.03 Å². The molecule has 2 aromatic rings. The number of nitrogens with one attached hydrogen (secondary N) is 1. The van der Waals surface area contributed by atoms with Gasteiger partial charge in [0, 0.05) is 29.6 Å². The highest BCUT2D eigenvalue weighted by molar-refractivity contribution is 7.11. The molecule has 1 aromatic carbocycles. The van der Waals surface area contributed by atoms with Crippen LogP contribution in [-0.2, 0) is 0 Å². The van der Waals surface area contributed by atoms with Gasteiger partial charge in [-0.05, 0) is 38.8 Å². The number of rotatable bonds is 2. The van der Waals surface area contributed by atoms with Crippen LogP contribution in [0.25, 0.3) is 0 Å². The number of amides is 2. The molecule has 0 atom stereocenters. The van der Waals surface area contributed by atoms with E-state index in [4.69, 9.17) is 0 Å². The Bertz CT molecular complexity index is 626. The number of thiazole rings is 1. The van der Waals surface area contributed by atoms with Crippen molar-refractivity contribution in [1.29, 1.82) is 0 Å². The Morgan fingerprint density at radius 3 is 2.50 bits per heavy atom. The van der Waals surface area contributed by atoms with Gasteiger partial charge in [0.15, 0.2) is 0 Å². The van der Waals surface area contributed by atoms with E-state index in [9.17, 15) is 4.79 Å². The number of nitrogens with zero attached hydrogens (tertiary/aromatic N) is 2. The third-order valence-corrected chi connectivity index (χ3v) is 5.44. The molecule has 0 bridgehead atoms. The fourth-order valence-corrected chi connectivity index (χ4v) is 3.82. The number of urea groups is 1. The molecule has 22 heavy (non-hydrogen) atoms. The molecule has 116 valence electrons. The van der Waals surface area contributed by atoms with Crippen LogP contribution in [0.2, 0.25) is 0 Å². The van der Waals surface area contributed by atoms with Crippen LogP contribution in [0, 0.1) is 13.8 Å². The SMILES string of the molecule is Cc1nc(C2CCN(C(=O)Nc3ccccc3)CC2)sc1C. The lowest BCUT2D eigenvalue weighted by Gasteiger charge is -2.31. The second-order valence-electron chi connectivity index (χ2n) is 5.75. The molecule has 1 aliphatic heterocycles. The first-order valence-electron chi connectivity index (χ1n) is 7.68. The summed E-state index contributed by atoms with van der Waals surface area (Å²) in [4.78, 5) is 20.1. The van der Waals surface area contributed by atoms with E-state index in [0.717, 1.165) is 37.3 Å². The first-order chi connectivity index (χ1) is 10.6. The molecule has 3 rings (SSSR count). The zero-order chi connectivity index (χ0) is 15.5. The van der Waals surface area contributed by atoms with E-state index in [-0.39, 0.29) is 6.03 Å². The molecular formula is C17H21N3OS. The van der Waals surface area contributed by atoms with E-state index >= 15 is 0 Å². The highest BCUT2D eigenvalue weighted by atomic mass is 32.1. The second kappa shape index (κ2) is 6.48. The summed E-state index contributed by atoms with van der Waals surface area (Å²) in [6.07, 6.45) is 1.99. The van der Waals surface area contributed by atoms with Crippen molar-refractivity contribution >= 4 is 23.1 Å². The molecule has 1 aliphatic rings. The van der Waals surface area contributed by atoms with E-state index in [1.807, 2.05) is 35.2 Å². The quantitative estimate of drug-likeness (QED) is 0.904. The van der Waals surface area contributed by atoms with Crippen molar-refractivity contribution in [2.24, 2.45) is 0 Å². The second-order valence-corrected chi connectivity index (χ2v) is 6.99. The predicted octanol–water partition coefficient (Wildman–Crippen LogP) is 4.17. The fraction of sp³-hybridized carbons (Fsp3) is 0.412. The van der Waals surface area contributed by atoms with Crippen LogP contribution in [-0.4, -0.2) is 29.0 Å². The van der Waals surface area contributed by atoms with Gasteiger partial charge in [0.25, 0.3) is 0 Å². The summed E-state index contributed by atoms with van der Waals surface area (Å²) < 4.78 is 0. The van der Waals surface area contributed by atoms with Crippen LogP contribution >= 0.6 is 11.3 Å². The molecule has 1 N–H and O–H groups in total. The van der Waals surface area contributed by atoms with Crippen molar-refractivity contribution in [1.82, 2.24) is 9.88 Å². The van der Waals surface area contributed by atoms with Gasteiger partial charge in [-0.3, -0.25) is 0 Å². The van der Waals surface area contributed by atoms with Gasteiger partial charge in [0.2, 0.25) is 0 Å². The van der Waals surface area contributed by atoms with Gasteiger partial charge in [0.1, 0.15) is 0 Å². The lowest BCUT2D eigenvalue weighted by Crippen LogP contribution is -2.40. The topological polar surface area (TPSA) is 45.2 Å². The van der Waals surface area contributed by atoms with Gasteiger partial charge in [-0.1, -0.05) is 18.2 Å². The Balaban J connectivity index is 1.56. The third-order valence-electron chi connectivity index (χ3n) is 4.20. The van der Waals surface area contributed by atoms with Crippen LogP contribution in [0.3, 0.4) is 0 Å². The van der Waals surface area contributed by atoms with Crippen LogP contribution in [0.1, 0.15) is 34.3 Å². The minimum absolute atomic E-state index is 0.00356. The highest BCUT2D eigenvalue weighted by Gasteiger charge is 2.26. The van der Waals surface area contributed by atoms with Crippen LogP contribution in [0.5, 0.6) is 0 Å². The highest BCUT2D eigenvalue weighted by Crippen LogP contribution is 2.32. The summed E-state index contributed by atoms with van der Waals surface area (Å²) in [6, 6.07) is 9.61. The lowest BCUT2D eigenvalue weighted by atomic mass is 9.98. The molecule has 2 amide bonds. The molecule has 1 saturated heterocycles. The summed E-state index contributed by atoms with van der Waals surface area (Å²) in [5, 5.41) is 4.19. The molecule has 2 heterocycles. The number of benzene rings is 1. The van der Waals surface area contributed by atoms with Crippen LogP contribution in [0.4, 0.5) is 10.5 Å². The van der Waals surface area contributed by atoms with E-state index in [1.54, 1.807) is 11.3 Å². The molecule has 0 spiro atoms. The molecule has 4 nitrogen and oxygen atoms in total. The van der Waals surface area contributed by atoms with Crippen LogP contribution < -0.4 is 5.32 Å². The van der Waals surface area contributed by atoms with E-state index in [2.05, 4.69) is 24.1 Å². The first kappa shape index (κ1) is 15.0. The number of hydrogen-bond acceptors (Lipinski definition) is 3. The van der Waals surface area contributed by atoms with Gasteiger partial charge in [-0.2, -0.15) is 0 Å². The van der Waals surface area contributed by atoms with Crippen molar-refractivity contribution in [3.63, 3.8) is 0 Å². The number of aryl methyl sites for hydroxylation is 2. The summed E-state index contributed by atoms with van der Waals surface area (Å²) in [7, 11) is 0. The third kappa shape index (κ3) is 3.30. The average Bonchev–Trinajstić information content (AvgIpc) is 2.88. The Kier molecular flexibility index (Phi) is 4.43. The summed E-state index contributed by atoms with van der Waals surface area (Å²) >= 11 is 1.80. The monoisotopic (exact) mass is 315 g/mol. The number of hydrogen-bond donors (Lipinski definition) is 1.